The van der Waals surface area contributed by atoms with Gasteiger partial charge in [0.1, 0.15) is 0 Å². The van der Waals surface area contributed by atoms with Gasteiger partial charge in [0.2, 0.25) is 0 Å². The SMILES string of the molecule is COc1cc2c(cc1OC)CN(CC1OC(c3cccc(NC(=O)C(C)OC(C)=O)c3)OC(c3ccc(CO)cc3)C1c1ccccc1)CC2. The van der Waals surface area contributed by atoms with E-state index in [-0.39, 0.29) is 18.6 Å². The van der Waals surface area contributed by atoms with Gasteiger partial charge in [-0.3, -0.25) is 14.5 Å². The standard InChI is InChI=1S/C40H44N2O8/c1-25(48-26(2)44)39(45)41-33-12-8-11-31(19-33)40-49-36(23-42-18-17-30-20-34(46-3)35(47-4)21-32(30)22-42)37(28-9-6-5-7-10-28)38(50-40)29-15-13-27(24-43)14-16-29/h5-16,19-21,25,36-38,40,43H,17-18,22-24H2,1-4H3,(H,41,45). The lowest BCUT2D eigenvalue weighted by molar-refractivity contribution is -0.263. The maximum absolute atomic E-state index is 12.8. The maximum atomic E-state index is 12.8. The number of rotatable bonds is 11. The van der Waals surface area contributed by atoms with Crippen molar-refractivity contribution in [2.45, 2.75) is 63.9 Å². The Morgan fingerprint density at radius 3 is 2.26 bits per heavy atom. The Kier molecular flexibility index (Phi) is 11.1. The number of anilines is 1. The van der Waals surface area contributed by atoms with Crippen molar-refractivity contribution < 1.29 is 38.4 Å². The summed E-state index contributed by atoms with van der Waals surface area (Å²) in [6.45, 7) is 4.94. The number of esters is 1. The van der Waals surface area contributed by atoms with Gasteiger partial charge >= 0.3 is 5.97 Å². The predicted octanol–water partition coefficient (Wildman–Crippen LogP) is 6.08. The van der Waals surface area contributed by atoms with E-state index in [9.17, 15) is 14.7 Å². The van der Waals surface area contributed by atoms with Crippen molar-refractivity contribution in [3.8, 4) is 11.5 Å². The number of aliphatic hydroxyl groups excluding tert-OH is 1. The molecule has 6 rings (SSSR count). The molecule has 2 N–H and O–H groups in total. The molecule has 2 aliphatic heterocycles. The molecule has 10 heteroatoms. The van der Waals surface area contributed by atoms with Crippen molar-refractivity contribution in [3.63, 3.8) is 0 Å². The van der Waals surface area contributed by atoms with Crippen LogP contribution < -0.4 is 14.8 Å². The second-order valence-electron chi connectivity index (χ2n) is 12.7. The van der Waals surface area contributed by atoms with Crippen LogP contribution in [0.15, 0.2) is 91.0 Å². The minimum atomic E-state index is -0.948. The lowest BCUT2D eigenvalue weighted by atomic mass is 9.82. The quantitative estimate of drug-likeness (QED) is 0.182. The normalized spacial score (nSPS) is 21.1. The van der Waals surface area contributed by atoms with E-state index in [1.807, 2.05) is 60.7 Å². The van der Waals surface area contributed by atoms with Crippen LogP contribution in [0.25, 0.3) is 0 Å². The fourth-order valence-corrected chi connectivity index (χ4v) is 6.83. The summed E-state index contributed by atoms with van der Waals surface area (Å²) in [4.78, 5) is 26.6. The Hall–Kier alpha value is -4.74. The molecule has 4 aromatic carbocycles. The molecule has 0 radical (unpaired) electrons. The number of hydrogen-bond acceptors (Lipinski definition) is 9. The summed E-state index contributed by atoms with van der Waals surface area (Å²) in [6.07, 6.45) is -1.53. The molecule has 0 saturated carbocycles. The number of carbonyl (C=O) groups excluding carboxylic acids is 2. The van der Waals surface area contributed by atoms with E-state index in [1.165, 1.54) is 25.0 Å². The molecule has 0 spiro atoms. The minimum Gasteiger partial charge on any atom is -0.493 e. The van der Waals surface area contributed by atoms with Crippen molar-refractivity contribution in [3.05, 3.63) is 124 Å². The molecule has 262 valence electrons. The second kappa shape index (κ2) is 15.9. The zero-order valence-electron chi connectivity index (χ0n) is 28.8. The van der Waals surface area contributed by atoms with E-state index < -0.39 is 30.4 Å². The molecule has 0 aliphatic carbocycles. The highest BCUT2D eigenvalue weighted by Gasteiger charge is 2.43. The number of nitrogens with zero attached hydrogens (tertiary/aromatic N) is 1. The highest BCUT2D eigenvalue weighted by molar-refractivity contribution is 5.95. The minimum absolute atomic E-state index is 0.0516. The van der Waals surface area contributed by atoms with Crippen molar-refractivity contribution in [1.82, 2.24) is 4.90 Å². The first-order chi connectivity index (χ1) is 24.3. The molecular formula is C40H44N2O8. The molecule has 50 heavy (non-hydrogen) atoms. The first kappa shape index (κ1) is 35.1. The third-order valence-electron chi connectivity index (χ3n) is 9.34. The van der Waals surface area contributed by atoms with E-state index in [4.69, 9.17) is 23.7 Å². The Morgan fingerprint density at radius 2 is 1.58 bits per heavy atom. The van der Waals surface area contributed by atoms with Crippen LogP contribution in [0, 0.1) is 0 Å². The van der Waals surface area contributed by atoms with Crippen LogP contribution in [0.2, 0.25) is 0 Å². The van der Waals surface area contributed by atoms with Gasteiger partial charge in [-0.05, 0) is 65.4 Å². The Bertz CT molecular complexity index is 1780. The molecule has 1 amide bonds. The number of amides is 1. The molecule has 0 bridgehead atoms. The van der Waals surface area contributed by atoms with E-state index in [0.717, 1.165) is 47.5 Å². The number of fused-ring (bicyclic) bond motifs is 1. The summed E-state index contributed by atoms with van der Waals surface area (Å²) in [5.74, 6) is 0.309. The van der Waals surface area contributed by atoms with Gasteiger partial charge in [0.15, 0.2) is 23.9 Å². The molecule has 4 aromatic rings. The van der Waals surface area contributed by atoms with E-state index in [2.05, 4.69) is 34.5 Å². The zero-order valence-corrected chi connectivity index (χ0v) is 28.8. The van der Waals surface area contributed by atoms with E-state index >= 15 is 0 Å². The van der Waals surface area contributed by atoms with Crippen LogP contribution in [0.1, 0.15) is 65.5 Å². The van der Waals surface area contributed by atoms with Crippen LogP contribution in [0.3, 0.4) is 0 Å². The summed E-state index contributed by atoms with van der Waals surface area (Å²) in [5.41, 5.74) is 6.57. The van der Waals surface area contributed by atoms with Crippen molar-refractivity contribution in [2.75, 3.05) is 32.6 Å². The fraction of sp³-hybridized carbons (Fsp3) is 0.350. The smallest absolute Gasteiger partial charge is 0.303 e. The topological polar surface area (TPSA) is 116 Å². The summed E-state index contributed by atoms with van der Waals surface area (Å²) < 4.78 is 30.1. The fourth-order valence-electron chi connectivity index (χ4n) is 6.83. The van der Waals surface area contributed by atoms with Crippen molar-refractivity contribution in [2.24, 2.45) is 0 Å². The Balaban J connectivity index is 1.34. The number of carbonyl (C=O) groups is 2. The molecule has 1 saturated heterocycles. The molecule has 10 nitrogen and oxygen atoms in total. The molecule has 2 heterocycles. The van der Waals surface area contributed by atoms with Crippen LogP contribution in [0.4, 0.5) is 5.69 Å². The number of aliphatic hydroxyl groups is 1. The highest BCUT2D eigenvalue weighted by Crippen LogP contribution is 2.47. The van der Waals surface area contributed by atoms with E-state index in [1.54, 1.807) is 20.3 Å². The molecule has 5 unspecified atom stereocenters. The van der Waals surface area contributed by atoms with Crippen molar-refractivity contribution >= 4 is 17.6 Å². The van der Waals surface area contributed by atoms with Gasteiger partial charge in [0, 0.05) is 43.7 Å². The largest absolute Gasteiger partial charge is 0.493 e. The molecule has 5 atom stereocenters. The zero-order chi connectivity index (χ0) is 35.2. The lowest BCUT2D eigenvalue weighted by Crippen LogP contribution is -2.45. The molecule has 0 aromatic heterocycles. The maximum Gasteiger partial charge on any atom is 0.303 e. The van der Waals surface area contributed by atoms with Gasteiger partial charge < -0.3 is 34.1 Å². The summed E-state index contributed by atoms with van der Waals surface area (Å²) >= 11 is 0. The summed E-state index contributed by atoms with van der Waals surface area (Å²) in [6, 6.07) is 29.6. The number of benzene rings is 4. The number of methoxy groups -OCH3 is 2. The van der Waals surface area contributed by atoms with Crippen LogP contribution in [-0.2, 0) is 43.4 Å². The van der Waals surface area contributed by atoms with Gasteiger partial charge in [0.25, 0.3) is 5.91 Å². The van der Waals surface area contributed by atoms with Gasteiger partial charge in [-0.2, -0.15) is 0 Å². The van der Waals surface area contributed by atoms with Crippen LogP contribution in [0.5, 0.6) is 11.5 Å². The van der Waals surface area contributed by atoms with Gasteiger partial charge in [-0.1, -0.05) is 66.7 Å². The monoisotopic (exact) mass is 680 g/mol. The highest BCUT2D eigenvalue weighted by atomic mass is 16.7. The third kappa shape index (κ3) is 8.00. The number of ether oxygens (including phenoxy) is 5. The number of nitrogens with one attached hydrogen (secondary N) is 1. The summed E-state index contributed by atoms with van der Waals surface area (Å²) in [7, 11) is 3.31. The number of hydrogen-bond donors (Lipinski definition) is 2. The summed E-state index contributed by atoms with van der Waals surface area (Å²) in [5, 5.41) is 12.6. The van der Waals surface area contributed by atoms with Gasteiger partial charge in [-0.15, -0.1) is 0 Å². The third-order valence-corrected chi connectivity index (χ3v) is 9.34. The second-order valence-corrected chi connectivity index (χ2v) is 12.7. The lowest BCUT2D eigenvalue weighted by Gasteiger charge is -2.45. The molecule has 1 fully saturated rings. The van der Waals surface area contributed by atoms with Crippen LogP contribution >= 0.6 is 0 Å². The molecule has 2 aliphatic rings. The van der Waals surface area contributed by atoms with Gasteiger partial charge in [-0.25, -0.2) is 0 Å². The first-order valence-corrected chi connectivity index (χ1v) is 16.9. The predicted molar refractivity (Wildman–Crippen MR) is 188 cm³/mol. The Morgan fingerprint density at radius 1 is 0.880 bits per heavy atom. The molecular weight excluding hydrogens is 636 g/mol. The van der Waals surface area contributed by atoms with Crippen molar-refractivity contribution in [1.29, 1.82) is 0 Å². The van der Waals surface area contributed by atoms with E-state index in [0.29, 0.717) is 18.0 Å². The van der Waals surface area contributed by atoms with Crippen LogP contribution in [-0.4, -0.2) is 61.4 Å². The average Bonchev–Trinajstić information content (AvgIpc) is 3.14. The Labute approximate surface area is 292 Å². The average molecular weight is 681 g/mol. The first-order valence-electron chi connectivity index (χ1n) is 16.9. The van der Waals surface area contributed by atoms with Gasteiger partial charge in [0.05, 0.1) is 33.0 Å².